The van der Waals surface area contributed by atoms with E-state index in [2.05, 4.69) is 12.2 Å². The molecule has 2 heterocycles. The zero-order chi connectivity index (χ0) is 35.5. The average Bonchev–Trinajstić information content (AvgIpc) is 3.03. The Balaban J connectivity index is 1.77. The smallest absolute Gasteiger partial charge is 0.306 e. The molecular weight excluding hydrogens is 626 g/mol. The number of amides is 1. The fraction of sp³-hybridized carbons (Fsp3) is 0.914. The molecule has 2 saturated heterocycles. The largest absolute Gasteiger partial charge is 0.481 e. The van der Waals surface area contributed by atoms with Gasteiger partial charge < -0.3 is 49.4 Å². The molecule has 0 aromatic heterocycles. The van der Waals surface area contributed by atoms with Gasteiger partial charge in [0.15, 0.2) is 6.29 Å². The zero-order valence-corrected chi connectivity index (χ0v) is 29.6. The molecule has 1 amide bonds. The lowest BCUT2D eigenvalue weighted by Gasteiger charge is -2.47. The Labute approximate surface area is 286 Å². The Morgan fingerprint density at radius 2 is 1.27 bits per heavy atom. The zero-order valence-electron chi connectivity index (χ0n) is 29.6. The highest BCUT2D eigenvalue weighted by molar-refractivity contribution is 5.73. The van der Waals surface area contributed by atoms with Gasteiger partial charge in [-0.2, -0.15) is 0 Å². The van der Waals surface area contributed by atoms with E-state index in [9.17, 15) is 34.8 Å². The van der Waals surface area contributed by atoms with Gasteiger partial charge in [0.1, 0.15) is 49.3 Å². The second-order valence-corrected chi connectivity index (χ2v) is 13.4. The summed E-state index contributed by atoms with van der Waals surface area (Å²) in [5.74, 6) is -2.06. The van der Waals surface area contributed by atoms with Gasteiger partial charge in [0.25, 0.3) is 0 Å². The number of methoxy groups -OCH3 is 1. The third-order valence-corrected chi connectivity index (χ3v) is 9.31. The average molecular weight is 690 g/mol. The number of aliphatic carboxylic acids is 1. The van der Waals surface area contributed by atoms with Crippen molar-refractivity contribution < 1.29 is 58.5 Å². The van der Waals surface area contributed by atoms with Crippen LogP contribution in [-0.4, -0.2) is 113 Å². The van der Waals surface area contributed by atoms with Crippen molar-refractivity contribution in [1.82, 2.24) is 5.32 Å². The molecule has 4 unspecified atom stereocenters. The van der Waals surface area contributed by atoms with Crippen molar-refractivity contribution in [2.45, 2.75) is 191 Å². The number of ether oxygens (including phenoxy) is 5. The number of carbonyl (C=O) groups excluding carboxylic acids is 2. The van der Waals surface area contributed by atoms with Crippen LogP contribution >= 0.6 is 0 Å². The van der Waals surface area contributed by atoms with Gasteiger partial charge in [-0.3, -0.25) is 14.4 Å². The molecule has 0 aliphatic carbocycles. The maximum atomic E-state index is 12.5. The van der Waals surface area contributed by atoms with Crippen molar-refractivity contribution >= 4 is 17.8 Å². The van der Waals surface area contributed by atoms with E-state index in [0.717, 1.165) is 19.3 Å². The van der Waals surface area contributed by atoms with Gasteiger partial charge in [-0.05, 0) is 13.3 Å². The van der Waals surface area contributed by atoms with Crippen molar-refractivity contribution in [3.63, 3.8) is 0 Å². The van der Waals surface area contributed by atoms with Crippen LogP contribution < -0.4 is 5.32 Å². The molecule has 2 aliphatic rings. The van der Waals surface area contributed by atoms with E-state index < -0.39 is 85.4 Å². The molecule has 280 valence electrons. The molecule has 0 spiro atoms. The van der Waals surface area contributed by atoms with Crippen LogP contribution in [0.1, 0.15) is 130 Å². The monoisotopic (exact) mass is 689 g/mol. The maximum Gasteiger partial charge on any atom is 0.306 e. The Bertz CT molecular complexity index is 922. The number of hydrogen-bond acceptors (Lipinski definition) is 11. The van der Waals surface area contributed by atoms with Crippen LogP contribution in [-0.2, 0) is 38.1 Å². The Morgan fingerprint density at radius 3 is 1.77 bits per heavy atom. The minimum Gasteiger partial charge on any atom is -0.481 e. The summed E-state index contributed by atoms with van der Waals surface area (Å²) in [6.45, 7) is 4.91. The highest BCUT2D eigenvalue weighted by Gasteiger charge is 2.51. The molecule has 0 aromatic carbocycles. The van der Waals surface area contributed by atoms with E-state index in [-0.39, 0.29) is 13.0 Å². The van der Waals surface area contributed by atoms with Gasteiger partial charge >= 0.3 is 11.9 Å². The molecule has 2 rings (SSSR count). The Morgan fingerprint density at radius 1 is 0.729 bits per heavy atom. The summed E-state index contributed by atoms with van der Waals surface area (Å²) in [5.41, 5.74) is 0. The van der Waals surface area contributed by atoms with E-state index in [1.54, 1.807) is 6.92 Å². The molecule has 0 bridgehead atoms. The molecule has 2 fully saturated rings. The Hall–Kier alpha value is -1.87. The predicted molar refractivity (Wildman–Crippen MR) is 177 cm³/mol. The fourth-order valence-corrected chi connectivity index (χ4v) is 6.56. The number of aliphatic hydroxyl groups is 3. The first-order valence-corrected chi connectivity index (χ1v) is 18.2. The minimum absolute atomic E-state index is 0.247. The summed E-state index contributed by atoms with van der Waals surface area (Å²) < 4.78 is 28.1. The number of carbonyl (C=O) groups is 3. The van der Waals surface area contributed by atoms with Crippen LogP contribution in [0.3, 0.4) is 0 Å². The van der Waals surface area contributed by atoms with Crippen molar-refractivity contribution in [3.05, 3.63) is 0 Å². The highest BCUT2D eigenvalue weighted by atomic mass is 16.7. The third-order valence-electron chi connectivity index (χ3n) is 9.31. The van der Waals surface area contributed by atoms with E-state index in [1.807, 2.05) is 0 Å². The molecule has 10 atom stereocenters. The quantitative estimate of drug-likeness (QED) is 0.0730. The molecule has 0 aromatic rings. The fourth-order valence-electron chi connectivity index (χ4n) is 6.56. The number of hydrogen-bond donors (Lipinski definition) is 5. The molecule has 13 nitrogen and oxygen atoms in total. The van der Waals surface area contributed by atoms with Crippen LogP contribution in [0, 0.1) is 0 Å². The summed E-state index contributed by atoms with van der Waals surface area (Å²) in [6.07, 6.45) is 6.62. The number of unbranched alkanes of at least 4 members (excludes halogenated alkanes) is 14. The second kappa shape index (κ2) is 23.5. The van der Waals surface area contributed by atoms with E-state index >= 15 is 0 Å². The van der Waals surface area contributed by atoms with Gasteiger partial charge in [0.2, 0.25) is 5.91 Å². The highest BCUT2D eigenvalue weighted by Crippen LogP contribution is 2.31. The minimum atomic E-state index is -1.66. The van der Waals surface area contributed by atoms with Crippen molar-refractivity contribution in [2.24, 2.45) is 0 Å². The van der Waals surface area contributed by atoms with E-state index in [0.29, 0.717) is 6.42 Å². The van der Waals surface area contributed by atoms with Crippen LogP contribution in [0.4, 0.5) is 0 Å². The first-order valence-electron chi connectivity index (χ1n) is 18.2. The number of nitrogens with one attached hydrogen (secondary N) is 1. The van der Waals surface area contributed by atoms with E-state index in [1.165, 1.54) is 84.7 Å². The van der Waals surface area contributed by atoms with Gasteiger partial charge in [-0.15, -0.1) is 0 Å². The second-order valence-electron chi connectivity index (χ2n) is 13.4. The van der Waals surface area contributed by atoms with Crippen LogP contribution in [0.15, 0.2) is 0 Å². The van der Waals surface area contributed by atoms with Gasteiger partial charge in [-0.1, -0.05) is 96.8 Å². The third kappa shape index (κ3) is 14.9. The van der Waals surface area contributed by atoms with Crippen LogP contribution in [0.5, 0.6) is 0 Å². The van der Waals surface area contributed by atoms with Gasteiger partial charge in [-0.25, -0.2) is 0 Å². The molecule has 2 aliphatic heterocycles. The molecule has 5 N–H and O–H groups in total. The number of esters is 1. The Kier molecular flexibility index (Phi) is 20.7. The first kappa shape index (κ1) is 42.3. The summed E-state index contributed by atoms with van der Waals surface area (Å²) in [7, 11) is 1.25. The number of rotatable bonds is 24. The summed E-state index contributed by atoms with van der Waals surface area (Å²) in [5, 5.41) is 44.5. The van der Waals surface area contributed by atoms with Crippen LogP contribution in [0.2, 0.25) is 0 Å². The molecule has 48 heavy (non-hydrogen) atoms. The lowest BCUT2D eigenvalue weighted by molar-refractivity contribution is -0.330. The lowest BCUT2D eigenvalue weighted by atomic mass is 9.92. The summed E-state index contributed by atoms with van der Waals surface area (Å²) >= 11 is 0. The predicted octanol–water partition coefficient (Wildman–Crippen LogP) is 3.77. The van der Waals surface area contributed by atoms with Crippen LogP contribution in [0.25, 0.3) is 0 Å². The summed E-state index contributed by atoms with van der Waals surface area (Å²) in [4.78, 5) is 35.9. The molecule has 0 saturated carbocycles. The molecule has 13 heteroatoms. The standard InChI is InChI=1S/C35H63NO12/c1-5-6-7-8-9-10-11-12-13-14-15-16-17-18-19-20-28(40)45-22-26-30(41)34(29(23(2)46-26)36-24(3)37)48-35-32(43)31(42)33(44-4)25(47-35)21-27(38)39/h23,25-26,29-35,41-43H,5-22H2,1-4H3,(H,36,37)(H,38,39)/t23-,25?,26?,29?,30-,31+,32?,33-,34+,35-/m0/s1. The number of aliphatic hydroxyl groups excluding tert-OH is 3. The first-order chi connectivity index (χ1) is 23.0. The molecular formula is C35H63NO12. The number of carboxylic acids is 1. The van der Waals surface area contributed by atoms with Crippen molar-refractivity contribution in [1.29, 1.82) is 0 Å². The van der Waals surface area contributed by atoms with Gasteiger partial charge in [0, 0.05) is 20.5 Å². The number of carboxylic acid groups (broad SMARTS) is 1. The molecule has 0 radical (unpaired) electrons. The van der Waals surface area contributed by atoms with Crippen molar-refractivity contribution in [2.75, 3.05) is 13.7 Å². The normalized spacial score (nSPS) is 30.6. The lowest BCUT2D eigenvalue weighted by Crippen LogP contribution is -2.67. The summed E-state index contributed by atoms with van der Waals surface area (Å²) in [6, 6.07) is -0.907. The van der Waals surface area contributed by atoms with Crippen molar-refractivity contribution in [3.8, 4) is 0 Å². The van der Waals surface area contributed by atoms with Gasteiger partial charge in [0.05, 0.1) is 18.6 Å². The topological polar surface area (TPSA) is 190 Å². The SMILES string of the molecule is CCCCCCCCCCCCCCCCCC(=O)OCC1O[C@@H](C)C(NC(C)=O)[C@@H](O[C@@H]2OC(CC(=O)O)[C@H](OC)[C@H](O)C2O)[C@H]1O. The van der Waals surface area contributed by atoms with E-state index in [4.69, 9.17) is 23.7 Å². The maximum absolute atomic E-state index is 12.5.